The third-order valence-electron chi connectivity index (χ3n) is 12.8. The van der Waals surface area contributed by atoms with E-state index in [2.05, 4.69) is 5.32 Å². The Kier molecular flexibility index (Phi) is 16.8. The molecule has 2 fully saturated rings. The molecule has 2 aromatic carbocycles. The fourth-order valence-electron chi connectivity index (χ4n) is 9.62. The third-order valence-corrected chi connectivity index (χ3v) is 12.8. The van der Waals surface area contributed by atoms with Gasteiger partial charge in [0.05, 0.1) is 33.6 Å². The first kappa shape index (κ1) is 53.8. The van der Waals surface area contributed by atoms with Crippen molar-refractivity contribution in [3.8, 4) is 11.5 Å². The second-order valence-electron chi connectivity index (χ2n) is 19.3. The van der Waals surface area contributed by atoms with Crippen LogP contribution in [0.3, 0.4) is 0 Å². The number of hydrogen-bond acceptors (Lipinski definition) is 8. The summed E-state index contributed by atoms with van der Waals surface area (Å²) in [5.41, 5.74) is -0.249. The van der Waals surface area contributed by atoms with E-state index < -0.39 is 82.0 Å². The monoisotopic (exact) mass is 970 g/mol. The first-order chi connectivity index (χ1) is 31.7. The van der Waals surface area contributed by atoms with Gasteiger partial charge in [0.15, 0.2) is 17.9 Å². The van der Waals surface area contributed by atoms with Crippen molar-refractivity contribution in [2.24, 2.45) is 5.73 Å². The molecule has 0 atom stereocenters. The van der Waals surface area contributed by atoms with Crippen LogP contribution in [0.15, 0.2) is 24.3 Å². The molecule has 2 aliphatic carbocycles. The Morgan fingerprint density at radius 2 is 1.04 bits per heavy atom. The fourth-order valence-corrected chi connectivity index (χ4v) is 9.62. The van der Waals surface area contributed by atoms with Crippen LogP contribution >= 0.6 is 0 Å². The van der Waals surface area contributed by atoms with Crippen molar-refractivity contribution in [3.63, 3.8) is 0 Å². The number of nitrogens with one attached hydrogen (secondary N) is 1. The van der Waals surface area contributed by atoms with Gasteiger partial charge in [-0.1, -0.05) is 38.5 Å². The van der Waals surface area contributed by atoms with Gasteiger partial charge in [-0.2, -0.15) is 26.3 Å². The molecule has 4 aliphatic rings. The molecule has 0 bridgehead atoms. The smallest absolute Gasteiger partial charge is 0.417 e. The predicted octanol–water partition coefficient (Wildman–Crippen LogP) is 8.83. The Morgan fingerprint density at radius 3 is 1.37 bits per heavy atom. The zero-order valence-corrected chi connectivity index (χ0v) is 40.1. The Bertz CT molecular complexity index is 2180. The minimum atomic E-state index is -4.84. The quantitative estimate of drug-likeness (QED) is 0.200. The highest BCUT2D eigenvalue weighted by Gasteiger charge is 2.47. The highest BCUT2D eigenvalue weighted by Crippen LogP contribution is 2.46. The molecular formula is C48H65F7N6O7. The molecule has 2 aromatic rings. The van der Waals surface area contributed by atoms with Crippen LogP contribution in [0.25, 0.3) is 0 Å². The van der Waals surface area contributed by atoms with Gasteiger partial charge in [0, 0.05) is 50.3 Å². The van der Waals surface area contributed by atoms with Crippen LogP contribution in [0.4, 0.5) is 42.1 Å². The maximum atomic E-state index is 14.2. The minimum Gasteiger partial charge on any atom is -0.476 e. The number of alkyl halides is 7. The summed E-state index contributed by atoms with van der Waals surface area (Å²) < 4.78 is 109. The Balaban J connectivity index is 0.000000256. The highest BCUT2D eigenvalue weighted by atomic mass is 19.4. The number of carbonyl (C=O) groups excluding carboxylic acids is 5. The van der Waals surface area contributed by atoms with E-state index in [-0.39, 0.29) is 73.2 Å². The van der Waals surface area contributed by atoms with Crippen molar-refractivity contribution < 1.29 is 64.2 Å². The van der Waals surface area contributed by atoms with Crippen molar-refractivity contribution in [2.45, 2.75) is 167 Å². The SMILES string of the molecule is CC(C)N(C(=O)c1cc2c(cc1C(F)(F)F)OC(C)(C)C(=O)N2CCN)C1CCCCC1.CC(C)N(C(=O)c1cc2c(cc1C(F)(F)F)OC(C)(C)C(=O)N2CCNC(=O)CF)C1CCCCC1. The molecule has 0 aromatic heterocycles. The third kappa shape index (κ3) is 11.8. The number of rotatable bonds is 12. The first-order valence-electron chi connectivity index (χ1n) is 23.4. The normalized spacial score (nSPS) is 18.5. The van der Waals surface area contributed by atoms with Crippen molar-refractivity contribution >= 4 is 40.9 Å². The van der Waals surface area contributed by atoms with Crippen molar-refractivity contribution in [1.29, 1.82) is 0 Å². The first-order valence-corrected chi connectivity index (χ1v) is 23.4. The molecule has 378 valence electrons. The minimum absolute atomic E-state index is 0.00229. The molecule has 0 radical (unpaired) electrons. The average Bonchev–Trinajstić information content (AvgIpc) is 3.25. The number of fused-ring (bicyclic) bond motifs is 2. The van der Waals surface area contributed by atoms with Crippen LogP contribution in [-0.2, 0) is 26.7 Å². The van der Waals surface area contributed by atoms with Gasteiger partial charge in [-0.15, -0.1) is 0 Å². The zero-order valence-electron chi connectivity index (χ0n) is 40.1. The number of hydrogen-bond donors (Lipinski definition) is 2. The van der Waals surface area contributed by atoms with Crippen LogP contribution in [0.5, 0.6) is 11.5 Å². The summed E-state index contributed by atoms with van der Waals surface area (Å²) in [5, 5.41) is 2.30. The number of anilines is 2. The second kappa shape index (κ2) is 21.2. The van der Waals surface area contributed by atoms with E-state index in [1.165, 1.54) is 42.4 Å². The summed E-state index contributed by atoms with van der Waals surface area (Å²) in [6.45, 7) is 11.7. The van der Waals surface area contributed by atoms with Gasteiger partial charge < -0.3 is 40.1 Å². The molecule has 2 aliphatic heterocycles. The molecule has 5 amide bonds. The second-order valence-corrected chi connectivity index (χ2v) is 19.3. The maximum absolute atomic E-state index is 14.2. The molecule has 2 heterocycles. The maximum Gasteiger partial charge on any atom is 0.417 e. The number of ether oxygens (including phenoxy) is 2. The number of carbonyl (C=O) groups is 5. The van der Waals surface area contributed by atoms with E-state index in [0.29, 0.717) is 12.8 Å². The number of nitrogens with two attached hydrogens (primary N) is 1. The number of halogens is 7. The summed E-state index contributed by atoms with van der Waals surface area (Å²) in [4.78, 5) is 70.1. The van der Waals surface area contributed by atoms with E-state index in [1.807, 2.05) is 13.8 Å². The molecule has 2 saturated carbocycles. The van der Waals surface area contributed by atoms with E-state index in [1.54, 1.807) is 18.7 Å². The fraction of sp³-hybridized carbons (Fsp3) is 0.646. The number of amides is 5. The van der Waals surface area contributed by atoms with Crippen molar-refractivity contribution in [2.75, 3.05) is 42.7 Å². The molecule has 3 N–H and O–H groups in total. The summed E-state index contributed by atoms with van der Waals surface area (Å²) in [7, 11) is 0. The summed E-state index contributed by atoms with van der Waals surface area (Å²) in [6.07, 6.45) is -0.875. The van der Waals surface area contributed by atoms with Crippen molar-refractivity contribution in [3.05, 3.63) is 46.5 Å². The van der Waals surface area contributed by atoms with Gasteiger partial charge in [-0.3, -0.25) is 24.0 Å². The molecule has 68 heavy (non-hydrogen) atoms. The van der Waals surface area contributed by atoms with Gasteiger partial charge in [-0.25, -0.2) is 4.39 Å². The van der Waals surface area contributed by atoms with Crippen LogP contribution in [0.2, 0.25) is 0 Å². The Labute approximate surface area is 393 Å². The van der Waals surface area contributed by atoms with Gasteiger partial charge in [0.1, 0.15) is 11.5 Å². The molecule has 6 rings (SSSR count). The number of nitrogens with zero attached hydrogens (tertiary/aromatic N) is 4. The summed E-state index contributed by atoms with van der Waals surface area (Å²) in [5.74, 6) is -3.56. The predicted molar refractivity (Wildman–Crippen MR) is 241 cm³/mol. The topological polar surface area (TPSA) is 155 Å². The van der Waals surface area contributed by atoms with Gasteiger partial charge >= 0.3 is 12.4 Å². The van der Waals surface area contributed by atoms with Gasteiger partial charge in [-0.05, 0) is 105 Å². The van der Waals surface area contributed by atoms with Crippen molar-refractivity contribution in [1.82, 2.24) is 15.1 Å². The van der Waals surface area contributed by atoms with Crippen LogP contribution in [0, 0.1) is 0 Å². The lowest BCUT2D eigenvalue weighted by Gasteiger charge is -2.40. The Hall–Kier alpha value is -5.14. The lowest BCUT2D eigenvalue weighted by atomic mass is 9.92. The highest BCUT2D eigenvalue weighted by molar-refractivity contribution is 6.06. The molecule has 0 spiro atoms. The molecular weight excluding hydrogens is 906 g/mol. The van der Waals surface area contributed by atoms with Gasteiger partial charge in [0.2, 0.25) is 0 Å². The van der Waals surface area contributed by atoms with E-state index in [9.17, 15) is 54.7 Å². The zero-order chi connectivity index (χ0) is 50.7. The van der Waals surface area contributed by atoms with Crippen LogP contribution in [0.1, 0.15) is 151 Å². The molecule has 20 heteroatoms. The molecule has 0 saturated heterocycles. The standard InChI is InChI=1S/C25H33F4N3O4.C23H32F3N3O3/c1-15(2)32(16-8-6-5-7-9-16)22(34)17-12-19-20(13-18(17)25(27,28)29)36-24(3,4)23(35)31(19)11-10-30-21(33)14-26;1-14(2)29(15-8-6-5-7-9-15)20(30)16-12-18-19(13-17(16)23(24,25)26)32-22(3,4)21(31)28(18)11-10-27/h12-13,15-16H,5-11,14H2,1-4H3,(H,30,33);12-15H,5-11,27H2,1-4H3. The Morgan fingerprint density at radius 1 is 0.676 bits per heavy atom. The van der Waals surface area contributed by atoms with Crippen LogP contribution in [-0.4, -0.2) is 108 Å². The van der Waals surface area contributed by atoms with E-state index in [4.69, 9.17) is 15.2 Å². The summed E-state index contributed by atoms with van der Waals surface area (Å²) >= 11 is 0. The molecule has 0 unspecified atom stereocenters. The lowest BCUT2D eigenvalue weighted by Crippen LogP contribution is -2.54. The van der Waals surface area contributed by atoms with Gasteiger partial charge in [0.25, 0.3) is 29.5 Å². The molecule has 13 nitrogen and oxygen atoms in total. The van der Waals surface area contributed by atoms with E-state index in [0.717, 1.165) is 75.6 Å². The number of benzene rings is 2. The average molecular weight is 971 g/mol. The largest absolute Gasteiger partial charge is 0.476 e. The lowest BCUT2D eigenvalue weighted by molar-refractivity contribution is -0.139. The van der Waals surface area contributed by atoms with Crippen LogP contribution < -0.4 is 30.3 Å². The summed E-state index contributed by atoms with van der Waals surface area (Å²) in [6, 6.07) is 2.95. The van der Waals surface area contributed by atoms with E-state index >= 15 is 0 Å².